The predicted molar refractivity (Wildman–Crippen MR) is 68.1 cm³/mol. The molecule has 2 nitrogen and oxygen atoms in total. The fraction of sp³-hybridized carbons (Fsp3) is 0.154. The van der Waals surface area contributed by atoms with Crippen LogP contribution in [0.5, 0.6) is 0 Å². The number of terminal acetylenes is 1. The van der Waals surface area contributed by atoms with E-state index >= 15 is 0 Å². The molecule has 1 aromatic carbocycles. The highest BCUT2D eigenvalue weighted by Gasteiger charge is 2.07. The first kappa shape index (κ1) is 10.9. The fourth-order valence-corrected chi connectivity index (χ4v) is 2.36. The lowest BCUT2D eigenvalue weighted by Crippen LogP contribution is -1.95. The van der Waals surface area contributed by atoms with Gasteiger partial charge in [0.05, 0.1) is 0 Å². The molecule has 0 saturated heterocycles. The molecule has 0 unspecified atom stereocenters. The largest absolute Gasteiger partial charge is 0.326 e. The summed E-state index contributed by atoms with van der Waals surface area (Å²) in [5.74, 6) is 2.59. The van der Waals surface area contributed by atoms with Crippen LogP contribution in [0.1, 0.15) is 16.1 Å². The van der Waals surface area contributed by atoms with E-state index in [1.54, 1.807) is 11.3 Å². The number of thiazole rings is 1. The molecule has 3 heteroatoms. The zero-order valence-corrected chi connectivity index (χ0v) is 9.84. The Balaban J connectivity index is 2.46. The van der Waals surface area contributed by atoms with Gasteiger partial charge in [0.15, 0.2) is 0 Å². The van der Waals surface area contributed by atoms with Gasteiger partial charge in [-0.05, 0) is 24.5 Å². The number of hydrogen-bond acceptors (Lipinski definition) is 3. The number of benzene rings is 1. The summed E-state index contributed by atoms with van der Waals surface area (Å²) >= 11 is 1.62. The molecule has 2 rings (SSSR count). The van der Waals surface area contributed by atoms with Crippen LogP contribution in [0.2, 0.25) is 0 Å². The van der Waals surface area contributed by atoms with Crippen LogP contribution in [-0.4, -0.2) is 4.98 Å². The third kappa shape index (κ3) is 1.99. The lowest BCUT2D eigenvalue weighted by molar-refractivity contribution is 1.07. The maximum Gasteiger partial charge on any atom is 0.127 e. The molecule has 80 valence electrons. The molecular weight excluding hydrogens is 216 g/mol. The van der Waals surface area contributed by atoms with Gasteiger partial charge in [-0.2, -0.15) is 0 Å². The third-order valence-electron chi connectivity index (χ3n) is 2.34. The second kappa shape index (κ2) is 4.48. The summed E-state index contributed by atoms with van der Waals surface area (Å²) < 4.78 is 0. The third-order valence-corrected chi connectivity index (χ3v) is 3.36. The minimum Gasteiger partial charge on any atom is -0.326 e. The summed E-state index contributed by atoms with van der Waals surface area (Å²) in [7, 11) is 0. The highest BCUT2D eigenvalue weighted by atomic mass is 32.1. The van der Waals surface area contributed by atoms with E-state index in [-0.39, 0.29) is 0 Å². The van der Waals surface area contributed by atoms with Crippen molar-refractivity contribution in [3.05, 3.63) is 40.4 Å². The molecule has 0 spiro atoms. The Hall–Kier alpha value is -1.63. The van der Waals surface area contributed by atoms with E-state index in [4.69, 9.17) is 12.2 Å². The van der Waals surface area contributed by atoms with Crippen molar-refractivity contribution < 1.29 is 0 Å². The highest BCUT2D eigenvalue weighted by Crippen LogP contribution is 2.27. The number of aryl methyl sites for hydroxylation is 1. The number of rotatable bonds is 2. The zero-order chi connectivity index (χ0) is 11.5. The molecule has 2 aromatic rings. The van der Waals surface area contributed by atoms with Gasteiger partial charge in [-0.15, -0.1) is 17.8 Å². The minimum absolute atomic E-state index is 0.542. The Bertz CT molecular complexity index is 549. The molecule has 16 heavy (non-hydrogen) atoms. The van der Waals surface area contributed by atoms with Crippen LogP contribution >= 0.6 is 11.3 Å². The SMILES string of the molecule is C#Cc1nc(-c2cccc(CN)c2)sc1C. The van der Waals surface area contributed by atoms with Gasteiger partial charge in [-0.25, -0.2) is 4.98 Å². The van der Waals surface area contributed by atoms with Crippen molar-refractivity contribution in [2.24, 2.45) is 5.73 Å². The summed E-state index contributed by atoms with van der Waals surface area (Å²) in [6.07, 6.45) is 5.37. The molecule has 0 atom stereocenters. The maximum atomic E-state index is 5.61. The molecule has 0 bridgehead atoms. The van der Waals surface area contributed by atoms with E-state index in [9.17, 15) is 0 Å². The van der Waals surface area contributed by atoms with E-state index < -0.39 is 0 Å². The van der Waals surface area contributed by atoms with Crippen LogP contribution in [0.3, 0.4) is 0 Å². The van der Waals surface area contributed by atoms with Gasteiger partial charge in [-0.3, -0.25) is 0 Å². The van der Waals surface area contributed by atoms with Crippen molar-refractivity contribution in [3.63, 3.8) is 0 Å². The van der Waals surface area contributed by atoms with E-state index in [2.05, 4.69) is 17.0 Å². The lowest BCUT2D eigenvalue weighted by atomic mass is 10.1. The van der Waals surface area contributed by atoms with Crippen LogP contribution in [-0.2, 0) is 6.54 Å². The maximum absolute atomic E-state index is 5.61. The van der Waals surface area contributed by atoms with Gasteiger partial charge < -0.3 is 5.73 Å². The topological polar surface area (TPSA) is 38.9 Å². The second-order valence-corrected chi connectivity index (χ2v) is 4.68. The number of hydrogen-bond donors (Lipinski definition) is 1. The van der Waals surface area contributed by atoms with Crippen LogP contribution in [0.4, 0.5) is 0 Å². The Morgan fingerprint density at radius 2 is 2.31 bits per heavy atom. The zero-order valence-electron chi connectivity index (χ0n) is 9.03. The van der Waals surface area contributed by atoms with Crippen molar-refractivity contribution in [2.45, 2.75) is 13.5 Å². The van der Waals surface area contributed by atoms with E-state index in [1.807, 2.05) is 25.1 Å². The standard InChI is InChI=1S/C13H12N2S/c1-3-12-9(2)16-13(15-12)11-6-4-5-10(7-11)8-14/h1,4-7H,8,14H2,2H3. The average molecular weight is 228 g/mol. The van der Waals surface area contributed by atoms with Crippen LogP contribution in [0, 0.1) is 19.3 Å². The fourth-order valence-electron chi connectivity index (χ4n) is 1.49. The first-order valence-corrected chi connectivity index (χ1v) is 5.79. The van der Waals surface area contributed by atoms with Gasteiger partial charge in [0.1, 0.15) is 10.7 Å². The Morgan fingerprint density at radius 3 is 2.94 bits per heavy atom. The monoisotopic (exact) mass is 228 g/mol. The van der Waals surface area contributed by atoms with E-state index in [0.29, 0.717) is 6.54 Å². The van der Waals surface area contributed by atoms with Crippen molar-refractivity contribution in [1.29, 1.82) is 0 Å². The molecule has 0 fully saturated rings. The molecule has 0 radical (unpaired) electrons. The van der Waals surface area contributed by atoms with Crippen LogP contribution in [0.25, 0.3) is 10.6 Å². The molecular formula is C13H12N2S. The number of aromatic nitrogens is 1. The van der Waals surface area contributed by atoms with Gasteiger partial charge in [0.2, 0.25) is 0 Å². The quantitative estimate of drug-likeness (QED) is 0.802. The van der Waals surface area contributed by atoms with E-state index in [1.165, 1.54) is 0 Å². The first-order chi connectivity index (χ1) is 7.74. The normalized spacial score (nSPS) is 10.1. The van der Waals surface area contributed by atoms with Gasteiger partial charge in [0, 0.05) is 17.0 Å². The van der Waals surface area contributed by atoms with Gasteiger partial charge >= 0.3 is 0 Å². The Morgan fingerprint density at radius 1 is 1.50 bits per heavy atom. The molecule has 0 aliphatic heterocycles. The Labute approximate surface area is 99.1 Å². The average Bonchev–Trinajstić information content (AvgIpc) is 2.71. The summed E-state index contributed by atoms with van der Waals surface area (Å²) in [4.78, 5) is 5.49. The first-order valence-electron chi connectivity index (χ1n) is 4.98. The van der Waals surface area contributed by atoms with Crippen molar-refractivity contribution in [2.75, 3.05) is 0 Å². The minimum atomic E-state index is 0.542. The van der Waals surface area contributed by atoms with Crippen molar-refractivity contribution in [3.8, 4) is 22.9 Å². The summed E-state index contributed by atoms with van der Waals surface area (Å²) in [5.41, 5.74) is 8.53. The molecule has 0 saturated carbocycles. The number of nitrogens with two attached hydrogens (primary N) is 1. The van der Waals surface area contributed by atoms with Gasteiger partial charge in [0.25, 0.3) is 0 Å². The second-order valence-electron chi connectivity index (χ2n) is 3.47. The summed E-state index contributed by atoms with van der Waals surface area (Å²) in [5, 5.41) is 0.959. The predicted octanol–water partition coefficient (Wildman–Crippen LogP) is 2.56. The smallest absolute Gasteiger partial charge is 0.127 e. The van der Waals surface area contributed by atoms with Crippen LogP contribution < -0.4 is 5.73 Å². The molecule has 1 heterocycles. The Kier molecular flexibility index (Phi) is 3.04. The highest BCUT2D eigenvalue weighted by molar-refractivity contribution is 7.15. The summed E-state index contributed by atoms with van der Waals surface area (Å²) in [6.45, 7) is 2.53. The van der Waals surface area contributed by atoms with Crippen LogP contribution in [0.15, 0.2) is 24.3 Å². The van der Waals surface area contributed by atoms with Crippen molar-refractivity contribution >= 4 is 11.3 Å². The molecule has 0 aliphatic carbocycles. The number of nitrogens with zero attached hydrogens (tertiary/aromatic N) is 1. The van der Waals surface area contributed by atoms with E-state index in [0.717, 1.165) is 26.7 Å². The van der Waals surface area contributed by atoms with Crippen molar-refractivity contribution in [1.82, 2.24) is 4.98 Å². The lowest BCUT2D eigenvalue weighted by Gasteiger charge is -1.99. The molecule has 0 amide bonds. The van der Waals surface area contributed by atoms with Gasteiger partial charge in [-0.1, -0.05) is 18.2 Å². The molecule has 0 aliphatic rings. The molecule has 1 aromatic heterocycles. The summed E-state index contributed by atoms with van der Waals surface area (Å²) in [6, 6.07) is 8.08. The molecule has 2 N–H and O–H groups in total.